The number of fused-ring (bicyclic) bond motifs is 1. The van der Waals surface area contributed by atoms with Crippen LogP contribution in [0, 0.1) is 6.92 Å². The number of rotatable bonds is 21. The third-order valence-electron chi connectivity index (χ3n) is 12.4. The van der Waals surface area contributed by atoms with E-state index in [1.165, 1.54) is 44.2 Å². The summed E-state index contributed by atoms with van der Waals surface area (Å²) in [6.45, 7) is 6.78. The van der Waals surface area contributed by atoms with E-state index in [1.807, 2.05) is 76.6 Å². The highest BCUT2D eigenvalue weighted by Gasteiger charge is 2.47. The lowest BCUT2D eigenvalue weighted by Gasteiger charge is -2.16. The third-order valence-corrected chi connectivity index (χ3v) is 12.4. The zero-order valence-corrected chi connectivity index (χ0v) is 42.8. The number of aldehydes is 3. The fourth-order valence-electron chi connectivity index (χ4n) is 8.04. The smallest absolute Gasteiger partial charge is 0.508 e. The van der Waals surface area contributed by atoms with Crippen molar-refractivity contribution >= 4 is 36.4 Å². The Morgan fingerprint density at radius 1 is 0.757 bits per heavy atom. The van der Waals surface area contributed by atoms with Crippen molar-refractivity contribution in [2.45, 2.75) is 89.8 Å². The molecule has 1 saturated carbocycles. The first-order valence-corrected chi connectivity index (χ1v) is 24.9. The average molecular weight is 1020 g/mol. The summed E-state index contributed by atoms with van der Waals surface area (Å²) >= 11 is 0. The molecule has 8 rings (SSSR count). The van der Waals surface area contributed by atoms with Gasteiger partial charge in [-0.25, -0.2) is 9.97 Å². The quantitative estimate of drug-likeness (QED) is 0.0292. The first kappa shape index (κ1) is 57.3. The highest BCUT2D eigenvalue weighted by Crippen LogP contribution is 2.50. The molecule has 0 spiro atoms. The van der Waals surface area contributed by atoms with Gasteiger partial charge in [0.05, 0.1) is 11.1 Å². The van der Waals surface area contributed by atoms with Crippen molar-refractivity contribution in [1.29, 1.82) is 0 Å². The number of aromatic hydroxyl groups is 1. The van der Waals surface area contributed by atoms with Crippen molar-refractivity contribution in [2.75, 3.05) is 51.8 Å². The number of carbonyl (C=O) groups excluding carboxylic acids is 4. The van der Waals surface area contributed by atoms with E-state index in [0.717, 1.165) is 108 Å². The summed E-state index contributed by atoms with van der Waals surface area (Å²) in [4.78, 5) is 56.6. The van der Waals surface area contributed by atoms with Crippen LogP contribution < -0.4 is 36.5 Å². The van der Waals surface area contributed by atoms with Crippen LogP contribution in [0.1, 0.15) is 102 Å². The number of nitrogens with zero attached hydrogens (tertiary/aromatic N) is 3. The van der Waals surface area contributed by atoms with Gasteiger partial charge >= 0.3 is 6.29 Å². The van der Waals surface area contributed by atoms with Gasteiger partial charge in [0.1, 0.15) is 35.7 Å². The minimum atomic E-state index is -3.60. The number of hydrogen-bond donors (Lipinski definition) is 6. The Hall–Kier alpha value is -7.63. The van der Waals surface area contributed by atoms with Crippen LogP contribution in [0.3, 0.4) is 0 Å². The summed E-state index contributed by atoms with van der Waals surface area (Å²) in [5, 5.41) is 21.6. The van der Waals surface area contributed by atoms with Gasteiger partial charge in [0, 0.05) is 66.8 Å². The molecule has 7 N–H and O–H groups in total. The van der Waals surface area contributed by atoms with Gasteiger partial charge in [-0.05, 0) is 124 Å². The van der Waals surface area contributed by atoms with Gasteiger partial charge in [-0.1, -0.05) is 81.1 Å². The Morgan fingerprint density at radius 3 is 2.07 bits per heavy atom. The number of alkyl halides is 2. The third kappa shape index (κ3) is 16.7. The van der Waals surface area contributed by atoms with Gasteiger partial charge < -0.3 is 46.4 Å². The highest BCUT2D eigenvalue weighted by molar-refractivity contribution is 5.85. The van der Waals surface area contributed by atoms with E-state index < -0.39 is 11.7 Å². The molecular formula is C57H68F2N8O7. The van der Waals surface area contributed by atoms with E-state index in [0.29, 0.717) is 35.3 Å². The van der Waals surface area contributed by atoms with Crippen molar-refractivity contribution in [1.82, 2.24) is 30.9 Å². The molecule has 74 heavy (non-hydrogen) atoms. The lowest BCUT2D eigenvalue weighted by Crippen LogP contribution is -2.27. The van der Waals surface area contributed by atoms with Gasteiger partial charge in [-0.2, -0.15) is 0 Å². The molecule has 17 heteroatoms. The van der Waals surface area contributed by atoms with Gasteiger partial charge in [0.25, 0.3) is 0 Å². The van der Waals surface area contributed by atoms with Crippen LogP contribution in [-0.2, 0) is 21.4 Å². The molecule has 1 aliphatic carbocycles. The Bertz CT molecular complexity index is 2770. The van der Waals surface area contributed by atoms with Gasteiger partial charge in [0.15, 0.2) is 17.8 Å². The van der Waals surface area contributed by atoms with Gasteiger partial charge in [0.2, 0.25) is 5.91 Å². The standard InChI is InChI=1S/C19H17N3O2.C14H14N2O.C13H29N3O.C11H8F2O3/c1-2-16-17(13-3-6-14(11-23)21-9-13)10-22-19(20)18(16)12-4-7-15(24)8-5-12;1-10-6-7-13(15-2)16-14(10)12-5-3-4-11(8-12)9-17;1-14-10-7-5-3-4-6-8-11-16-13(17)9-12-15-2;12-11(13)15-8-2-1-7(5-9(8)16-11)10(6-14)3-4-10/h3-11,24H,2H2,1H3,(H2,20,22);3-9H,1-2H3,(H,15,16);14-15H,3-12H2,1-2H3,(H,16,17);1-2,5-6H,3-4H2. The lowest BCUT2D eigenvalue weighted by atomic mass is 9.92. The number of carbonyl (C=O) groups is 4. The number of aryl methyl sites for hydroxylation is 1. The molecule has 3 aromatic carbocycles. The predicted molar refractivity (Wildman–Crippen MR) is 286 cm³/mol. The van der Waals surface area contributed by atoms with Crippen LogP contribution >= 0.6 is 0 Å². The summed E-state index contributed by atoms with van der Waals surface area (Å²) in [5.41, 5.74) is 15.0. The van der Waals surface area contributed by atoms with E-state index >= 15 is 0 Å². The topological polar surface area (TPSA) is 220 Å². The number of benzene rings is 3. The molecule has 0 saturated heterocycles. The van der Waals surface area contributed by atoms with Crippen LogP contribution in [0.25, 0.3) is 33.5 Å². The zero-order chi connectivity index (χ0) is 53.5. The minimum absolute atomic E-state index is 0.00405. The number of pyridine rings is 3. The van der Waals surface area contributed by atoms with Crippen molar-refractivity contribution in [3.8, 4) is 50.8 Å². The molecule has 1 amide bonds. The second-order valence-electron chi connectivity index (χ2n) is 17.8. The van der Waals surface area contributed by atoms with Crippen molar-refractivity contribution in [3.63, 3.8) is 0 Å². The molecular weight excluding hydrogens is 947 g/mol. The summed E-state index contributed by atoms with van der Waals surface area (Å²) in [6.07, 6.45) is 12.6. The van der Waals surface area contributed by atoms with Crippen LogP contribution in [0.5, 0.6) is 17.2 Å². The molecule has 4 heterocycles. The Morgan fingerprint density at radius 2 is 1.45 bits per heavy atom. The van der Waals surface area contributed by atoms with E-state index in [-0.39, 0.29) is 23.2 Å². The number of nitrogen functional groups attached to an aromatic ring is 1. The number of phenols is 1. The molecule has 0 unspecified atom stereocenters. The van der Waals surface area contributed by atoms with E-state index in [1.54, 1.807) is 42.7 Å². The first-order valence-electron chi connectivity index (χ1n) is 24.9. The van der Waals surface area contributed by atoms with Gasteiger partial charge in [-0.3, -0.25) is 19.4 Å². The molecule has 2 aliphatic rings. The number of phenolic OH excluding ortho intramolecular Hbond substituents is 1. The second kappa shape index (κ2) is 28.6. The highest BCUT2D eigenvalue weighted by atomic mass is 19.3. The molecule has 0 atom stereocenters. The summed E-state index contributed by atoms with van der Waals surface area (Å²) in [6, 6.07) is 26.3. The fraction of sp³-hybridized carbons (Fsp3) is 0.351. The number of ether oxygens (including phenoxy) is 2. The molecule has 1 aliphatic heterocycles. The summed E-state index contributed by atoms with van der Waals surface area (Å²) in [7, 11) is 5.70. The maximum Gasteiger partial charge on any atom is 0.586 e. The summed E-state index contributed by atoms with van der Waals surface area (Å²) in [5.74, 6) is 1.63. The van der Waals surface area contributed by atoms with Crippen LogP contribution in [0.4, 0.5) is 20.4 Å². The SMILES string of the molecule is CCc1c(-c2ccc(C=O)nc2)cnc(N)c1-c1ccc(O)cc1.CNCCCCCCCCNC(=O)CCNC.CNc1ccc(C)c(-c2cccc(C=O)c2)n1.O=CC1(c2ccc3c(c2)OC(F)(F)O3)CC1. The van der Waals surface area contributed by atoms with E-state index in [4.69, 9.17) is 5.73 Å². The molecule has 15 nitrogen and oxygen atoms in total. The van der Waals surface area contributed by atoms with Gasteiger partial charge in [-0.15, -0.1) is 8.78 Å². The monoisotopic (exact) mass is 1010 g/mol. The number of nitrogens with one attached hydrogen (secondary N) is 4. The molecule has 0 radical (unpaired) electrons. The number of hydrogen-bond acceptors (Lipinski definition) is 14. The predicted octanol–water partition coefficient (Wildman–Crippen LogP) is 9.90. The Kier molecular flexibility index (Phi) is 22.1. The Balaban J connectivity index is 0.000000185. The van der Waals surface area contributed by atoms with Crippen molar-refractivity contribution in [2.24, 2.45) is 0 Å². The fourth-order valence-corrected chi connectivity index (χ4v) is 8.04. The molecule has 3 aromatic heterocycles. The van der Waals surface area contributed by atoms with Crippen molar-refractivity contribution < 1.29 is 42.5 Å². The number of unbranched alkanes of at least 4 members (excludes halogenated alkanes) is 5. The van der Waals surface area contributed by atoms with E-state index in [9.17, 15) is 33.1 Å². The lowest BCUT2D eigenvalue weighted by molar-refractivity contribution is -0.286. The zero-order valence-electron chi connectivity index (χ0n) is 42.8. The first-order chi connectivity index (χ1) is 35.7. The van der Waals surface area contributed by atoms with Crippen LogP contribution in [0.15, 0.2) is 103 Å². The number of anilines is 2. The number of aromatic nitrogens is 3. The number of amides is 1. The normalized spacial score (nSPS) is 13.1. The maximum atomic E-state index is 12.7. The molecule has 6 aromatic rings. The number of halogens is 2. The molecule has 392 valence electrons. The minimum Gasteiger partial charge on any atom is -0.508 e. The largest absolute Gasteiger partial charge is 0.586 e. The molecule has 1 fully saturated rings. The Labute approximate surface area is 432 Å². The number of nitrogens with two attached hydrogens (primary N) is 1. The summed E-state index contributed by atoms with van der Waals surface area (Å²) < 4.78 is 34.1. The van der Waals surface area contributed by atoms with Crippen LogP contribution in [-0.4, -0.2) is 91.9 Å². The van der Waals surface area contributed by atoms with E-state index in [2.05, 4.69) is 52.6 Å². The van der Waals surface area contributed by atoms with Crippen LogP contribution in [0.2, 0.25) is 0 Å². The molecule has 0 bridgehead atoms. The second-order valence-corrected chi connectivity index (χ2v) is 17.8. The average Bonchev–Trinajstić information content (AvgIpc) is 4.16. The van der Waals surface area contributed by atoms with Crippen molar-refractivity contribution in [3.05, 3.63) is 131 Å². The maximum absolute atomic E-state index is 12.7.